The van der Waals surface area contributed by atoms with Crippen molar-refractivity contribution in [3.8, 4) is 0 Å². The van der Waals surface area contributed by atoms with Gasteiger partial charge >= 0.3 is 0 Å². The Morgan fingerprint density at radius 3 is 2.58 bits per heavy atom. The molecule has 0 fully saturated rings. The monoisotopic (exact) mass is 358 g/mol. The lowest BCUT2D eigenvalue weighted by molar-refractivity contribution is -0.121. The highest BCUT2D eigenvalue weighted by Crippen LogP contribution is 2.23. The summed E-state index contributed by atoms with van der Waals surface area (Å²) in [7, 11) is 0. The summed E-state index contributed by atoms with van der Waals surface area (Å²) >= 11 is 0. The Morgan fingerprint density at radius 1 is 1.08 bits per heavy atom. The van der Waals surface area contributed by atoms with Crippen molar-refractivity contribution in [2.75, 3.05) is 6.54 Å². The Hall–Kier alpha value is -2.73. The van der Waals surface area contributed by atoms with E-state index in [0.717, 1.165) is 17.0 Å². The third-order valence-electron chi connectivity index (χ3n) is 4.25. The van der Waals surface area contributed by atoms with E-state index in [0.29, 0.717) is 11.3 Å². The van der Waals surface area contributed by atoms with Gasteiger partial charge in [-0.25, -0.2) is 8.78 Å². The zero-order valence-electron chi connectivity index (χ0n) is 14.6. The highest BCUT2D eigenvalue weighted by molar-refractivity contribution is 5.80. The van der Waals surface area contributed by atoms with E-state index in [4.69, 9.17) is 4.42 Å². The van der Waals surface area contributed by atoms with Crippen molar-refractivity contribution in [1.82, 2.24) is 10.6 Å². The van der Waals surface area contributed by atoms with Crippen LogP contribution in [-0.2, 0) is 4.79 Å². The molecule has 0 unspecified atom stereocenters. The van der Waals surface area contributed by atoms with E-state index in [2.05, 4.69) is 10.6 Å². The predicted molar refractivity (Wildman–Crippen MR) is 95.5 cm³/mol. The molecule has 0 aliphatic heterocycles. The van der Waals surface area contributed by atoms with E-state index < -0.39 is 17.7 Å². The van der Waals surface area contributed by atoms with Crippen LogP contribution >= 0.6 is 0 Å². The molecule has 1 amide bonds. The van der Waals surface area contributed by atoms with Gasteiger partial charge in [0.15, 0.2) is 0 Å². The molecule has 0 saturated carbocycles. The summed E-state index contributed by atoms with van der Waals surface area (Å²) in [4.78, 5) is 12.1. The van der Waals surface area contributed by atoms with Gasteiger partial charge in [0.25, 0.3) is 0 Å². The van der Waals surface area contributed by atoms with Gasteiger partial charge in [-0.2, -0.15) is 0 Å². The minimum Gasteiger partial charge on any atom is -0.459 e. The first-order chi connectivity index (χ1) is 12.4. The van der Waals surface area contributed by atoms with Crippen LogP contribution in [0.5, 0.6) is 0 Å². The number of nitrogens with one attached hydrogen (secondary N) is 2. The molecule has 0 bridgehead atoms. The number of amides is 1. The van der Waals surface area contributed by atoms with E-state index >= 15 is 0 Å². The number of hydrogen-bond donors (Lipinski definition) is 2. The summed E-state index contributed by atoms with van der Waals surface area (Å²) in [5, 5.41) is 6.75. The number of halogens is 2. The molecule has 26 heavy (non-hydrogen) atoms. The molecule has 1 aromatic heterocycles. The van der Waals surface area contributed by atoms with Crippen molar-refractivity contribution in [3.05, 3.63) is 71.5 Å². The van der Waals surface area contributed by atoms with Gasteiger partial charge in [-0.05, 0) is 32.0 Å². The smallest absolute Gasteiger partial charge is 0.234 e. The fraction of sp³-hybridized carbons (Fsp3) is 0.250. The molecule has 6 heteroatoms. The maximum atomic E-state index is 13.8. The Bertz CT molecular complexity index is 890. The Balaban J connectivity index is 1.56. The first-order valence-corrected chi connectivity index (χ1v) is 8.40. The number of benzene rings is 2. The summed E-state index contributed by atoms with van der Waals surface area (Å²) in [6, 6.07) is 12.2. The molecule has 136 valence electrons. The second-order valence-electron chi connectivity index (χ2n) is 6.24. The number of rotatable bonds is 6. The molecule has 1 heterocycles. The first-order valence-electron chi connectivity index (χ1n) is 8.40. The van der Waals surface area contributed by atoms with Crippen molar-refractivity contribution in [3.63, 3.8) is 0 Å². The quantitative estimate of drug-likeness (QED) is 0.693. The van der Waals surface area contributed by atoms with Crippen molar-refractivity contribution < 1.29 is 18.0 Å². The highest BCUT2D eigenvalue weighted by Gasteiger charge is 2.16. The first kappa shape index (κ1) is 18.1. The second-order valence-corrected chi connectivity index (χ2v) is 6.24. The van der Waals surface area contributed by atoms with Gasteiger partial charge in [0, 0.05) is 23.1 Å². The van der Waals surface area contributed by atoms with Crippen LogP contribution in [0.1, 0.15) is 37.3 Å². The molecule has 2 atom stereocenters. The fourth-order valence-corrected chi connectivity index (χ4v) is 2.79. The minimum atomic E-state index is -0.638. The minimum absolute atomic E-state index is 0.00253. The zero-order chi connectivity index (χ0) is 18.7. The number of carbonyl (C=O) groups is 1. The van der Waals surface area contributed by atoms with Crippen molar-refractivity contribution in [2.45, 2.75) is 25.9 Å². The van der Waals surface area contributed by atoms with E-state index in [1.165, 1.54) is 12.1 Å². The van der Waals surface area contributed by atoms with E-state index in [1.807, 2.05) is 37.3 Å². The summed E-state index contributed by atoms with van der Waals surface area (Å²) in [6.07, 6.45) is 0. The molecular weight excluding hydrogens is 338 g/mol. The van der Waals surface area contributed by atoms with Crippen LogP contribution < -0.4 is 10.6 Å². The van der Waals surface area contributed by atoms with Crippen LogP contribution in [0, 0.1) is 11.6 Å². The largest absolute Gasteiger partial charge is 0.459 e. The molecule has 0 aliphatic carbocycles. The molecule has 0 spiro atoms. The van der Waals surface area contributed by atoms with Gasteiger partial charge in [0.1, 0.15) is 23.0 Å². The number of fused-ring (bicyclic) bond motifs is 1. The molecule has 2 aromatic carbocycles. The van der Waals surface area contributed by atoms with Crippen LogP contribution in [0.15, 0.2) is 52.9 Å². The predicted octanol–water partition coefficient (Wildman–Crippen LogP) is 4.24. The van der Waals surface area contributed by atoms with Gasteiger partial charge in [-0.15, -0.1) is 0 Å². The van der Waals surface area contributed by atoms with Crippen molar-refractivity contribution in [1.29, 1.82) is 0 Å². The normalized spacial score (nSPS) is 13.5. The number of carbonyl (C=O) groups excluding carboxylic acids is 1. The molecule has 4 nitrogen and oxygen atoms in total. The molecule has 3 rings (SSSR count). The van der Waals surface area contributed by atoms with Gasteiger partial charge in [-0.3, -0.25) is 4.79 Å². The van der Waals surface area contributed by atoms with Crippen LogP contribution in [0.2, 0.25) is 0 Å². The lowest BCUT2D eigenvalue weighted by atomic mass is 10.1. The molecule has 0 aliphatic rings. The fourth-order valence-electron chi connectivity index (χ4n) is 2.79. The number of furan rings is 1. The molecule has 3 aromatic rings. The summed E-state index contributed by atoms with van der Waals surface area (Å²) in [5.41, 5.74) is 1.08. The Kier molecular flexibility index (Phi) is 5.32. The Morgan fingerprint density at radius 2 is 1.85 bits per heavy atom. The molecule has 2 N–H and O–H groups in total. The maximum Gasteiger partial charge on any atom is 0.234 e. The summed E-state index contributed by atoms with van der Waals surface area (Å²) < 4.78 is 32.5. The van der Waals surface area contributed by atoms with Crippen LogP contribution in [0.4, 0.5) is 8.78 Å². The topological polar surface area (TPSA) is 54.3 Å². The average molecular weight is 358 g/mol. The average Bonchev–Trinajstić information content (AvgIpc) is 3.04. The SMILES string of the molecule is C[C@H](NC(=O)CN[C@H](C)c1ccc(F)cc1F)c1cc2ccccc2o1. The zero-order valence-corrected chi connectivity index (χ0v) is 14.6. The van der Waals surface area contributed by atoms with Gasteiger partial charge in [-0.1, -0.05) is 24.3 Å². The molecule has 0 radical (unpaired) electrons. The van der Waals surface area contributed by atoms with Crippen molar-refractivity contribution >= 4 is 16.9 Å². The third-order valence-corrected chi connectivity index (χ3v) is 4.25. The Labute approximate surface area is 150 Å². The van der Waals surface area contributed by atoms with Crippen LogP contribution in [0.25, 0.3) is 11.0 Å². The standard InChI is InChI=1S/C20H20F2N2O2/c1-12(16-8-7-15(21)10-17(16)22)23-11-20(25)24-13(2)19-9-14-5-3-4-6-18(14)26-19/h3-10,12-13,23H,11H2,1-2H3,(H,24,25)/t12-,13+/m1/s1. The molecular formula is C20H20F2N2O2. The van der Waals surface area contributed by atoms with Crippen LogP contribution in [-0.4, -0.2) is 12.5 Å². The van der Waals surface area contributed by atoms with Crippen LogP contribution in [0.3, 0.4) is 0 Å². The number of para-hydroxylation sites is 1. The van der Waals surface area contributed by atoms with Crippen molar-refractivity contribution in [2.24, 2.45) is 0 Å². The maximum absolute atomic E-state index is 13.8. The summed E-state index contributed by atoms with van der Waals surface area (Å²) in [6.45, 7) is 3.55. The third kappa shape index (κ3) is 4.08. The lowest BCUT2D eigenvalue weighted by Gasteiger charge is -2.16. The molecule has 0 saturated heterocycles. The second kappa shape index (κ2) is 7.66. The summed E-state index contributed by atoms with van der Waals surface area (Å²) in [5.74, 6) is -0.846. The van der Waals surface area contributed by atoms with E-state index in [-0.39, 0.29) is 18.5 Å². The van der Waals surface area contributed by atoms with E-state index in [9.17, 15) is 13.6 Å². The lowest BCUT2D eigenvalue weighted by Crippen LogP contribution is -2.36. The van der Waals surface area contributed by atoms with Gasteiger partial charge in [0.05, 0.1) is 12.6 Å². The highest BCUT2D eigenvalue weighted by atomic mass is 19.1. The van der Waals surface area contributed by atoms with E-state index in [1.54, 1.807) is 6.92 Å². The number of hydrogen-bond acceptors (Lipinski definition) is 3. The van der Waals surface area contributed by atoms with Gasteiger partial charge < -0.3 is 15.1 Å². The van der Waals surface area contributed by atoms with Gasteiger partial charge in [0.2, 0.25) is 5.91 Å².